The molecular formula is C18H13N3O2S2. The Bertz CT molecular complexity index is 1140. The second kappa shape index (κ2) is 6.27. The van der Waals surface area contributed by atoms with E-state index < -0.39 is 10.0 Å². The van der Waals surface area contributed by atoms with Crippen LogP contribution in [0.5, 0.6) is 0 Å². The van der Waals surface area contributed by atoms with Crippen LogP contribution in [0.2, 0.25) is 0 Å². The fourth-order valence-electron chi connectivity index (χ4n) is 2.47. The highest BCUT2D eigenvalue weighted by atomic mass is 32.2. The fourth-order valence-corrected chi connectivity index (χ4v) is 4.48. The zero-order chi connectivity index (χ0) is 17.3. The summed E-state index contributed by atoms with van der Waals surface area (Å²) in [5.74, 6) is 0. The van der Waals surface area contributed by atoms with E-state index in [0.29, 0.717) is 5.01 Å². The third-order valence-corrected chi connectivity index (χ3v) is 6.05. The van der Waals surface area contributed by atoms with Crippen molar-refractivity contribution in [2.45, 2.75) is 4.90 Å². The average Bonchev–Trinajstić information content (AvgIpc) is 3.10. The van der Waals surface area contributed by atoms with Gasteiger partial charge in [0, 0.05) is 5.56 Å². The molecular weight excluding hydrogens is 354 g/mol. The van der Waals surface area contributed by atoms with Crippen molar-refractivity contribution < 1.29 is 8.42 Å². The van der Waals surface area contributed by atoms with Gasteiger partial charge in [-0.25, -0.2) is 8.42 Å². The molecule has 1 N–H and O–H groups in total. The number of sulfonamides is 1. The lowest BCUT2D eigenvalue weighted by Crippen LogP contribution is -2.12. The predicted octanol–water partition coefficient (Wildman–Crippen LogP) is 4.16. The molecule has 0 aliphatic carbocycles. The summed E-state index contributed by atoms with van der Waals surface area (Å²) in [6.07, 6.45) is 0. The van der Waals surface area contributed by atoms with Gasteiger partial charge in [-0.1, -0.05) is 72.0 Å². The van der Waals surface area contributed by atoms with Gasteiger partial charge in [0.15, 0.2) is 0 Å². The van der Waals surface area contributed by atoms with Gasteiger partial charge in [0.05, 0.1) is 4.90 Å². The van der Waals surface area contributed by atoms with Gasteiger partial charge in [-0.3, -0.25) is 4.72 Å². The standard InChI is InChI=1S/C18H13N3O2S2/c22-25(23,16-11-10-13-6-4-5-9-15(13)12-16)21-18-20-19-17(24-18)14-7-2-1-3-8-14/h1-12H,(H,20,21). The summed E-state index contributed by atoms with van der Waals surface area (Å²) in [4.78, 5) is 0.197. The van der Waals surface area contributed by atoms with E-state index in [1.54, 1.807) is 18.2 Å². The van der Waals surface area contributed by atoms with Gasteiger partial charge in [-0.15, -0.1) is 10.2 Å². The highest BCUT2D eigenvalue weighted by Crippen LogP contribution is 2.28. The van der Waals surface area contributed by atoms with Crippen molar-refractivity contribution in [2.24, 2.45) is 0 Å². The number of aromatic nitrogens is 2. The summed E-state index contributed by atoms with van der Waals surface area (Å²) in [5, 5.41) is 10.8. The van der Waals surface area contributed by atoms with Crippen molar-refractivity contribution in [2.75, 3.05) is 4.72 Å². The van der Waals surface area contributed by atoms with Crippen molar-refractivity contribution in [1.82, 2.24) is 10.2 Å². The summed E-state index contributed by atoms with van der Waals surface area (Å²) < 4.78 is 27.7. The van der Waals surface area contributed by atoms with Crippen LogP contribution in [-0.2, 0) is 10.0 Å². The predicted molar refractivity (Wildman–Crippen MR) is 100 cm³/mol. The highest BCUT2D eigenvalue weighted by Gasteiger charge is 2.17. The molecule has 0 aliphatic heterocycles. The zero-order valence-electron chi connectivity index (χ0n) is 13.0. The molecule has 0 saturated carbocycles. The van der Waals surface area contributed by atoms with Crippen molar-refractivity contribution in [3.05, 3.63) is 72.8 Å². The number of nitrogens with zero attached hydrogens (tertiary/aromatic N) is 2. The normalized spacial score (nSPS) is 11.5. The Labute approximate surface area is 149 Å². The lowest BCUT2D eigenvalue weighted by Gasteiger charge is -2.06. The molecule has 0 aliphatic rings. The van der Waals surface area contributed by atoms with Gasteiger partial charge in [0.25, 0.3) is 10.0 Å². The summed E-state index contributed by atoms with van der Waals surface area (Å²) in [6.45, 7) is 0. The molecule has 5 nitrogen and oxygen atoms in total. The van der Waals surface area contributed by atoms with Crippen LogP contribution in [0.1, 0.15) is 0 Å². The van der Waals surface area contributed by atoms with Crippen LogP contribution in [0.3, 0.4) is 0 Å². The maximum Gasteiger partial charge on any atom is 0.263 e. The molecule has 7 heteroatoms. The van der Waals surface area contributed by atoms with E-state index in [9.17, 15) is 8.42 Å². The largest absolute Gasteiger partial charge is 0.263 e. The Morgan fingerprint density at radius 2 is 1.52 bits per heavy atom. The van der Waals surface area contributed by atoms with Crippen LogP contribution in [0.4, 0.5) is 5.13 Å². The summed E-state index contributed by atoms with van der Waals surface area (Å²) in [5.41, 5.74) is 0.899. The average molecular weight is 367 g/mol. The van der Waals surface area contributed by atoms with Crippen molar-refractivity contribution in [3.63, 3.8) is 0 Å². The fraction of sp³-hybridized carbons (Fsp3) is 0. The van der Waals surface area contributed by atoms with E-state index in [-0.39, 0.29) is 10.0 Å². The topological polar surface area (TPSA) is 72.0 Å². The van der Waals surface area contributed by atoms with Crippen LogP contribution in [0.15, 0.2) is 77.7 Å². The maximum atomic E-state index is 12.6. The molecule has 4 rings (SSSR count). The van der Waals surface area contributed by atoms with E-state index in [1.807, 2.05) is 54.6 Å². The minimum absolute atomic E-state index is 0.197. The van der Waals surface area contributed by atoms with E-state index in [4.69, 9.17) is 0 Å². The SMILES string of the molecule is O=S(=O)(Nc1nnc(-c2ccccc2)s1)c1ccc2ccccc2c1. The molecule has 4 aromatic rings. The Kier molecular flexibility index (Phi) is 3.95. The number of benzene rings is 3. The van der Waals surface area contributed by atoms with Gasteiger partial charge in [0.2, 0.25) is 5.13 Å². The van der Waals surface area contributed by atoms with Crippen LogP contribution in [0, 0.1) is 0 Å². The van der Waals surface area contributed by atoms with Crippen LogP contribution in [-0.4, -0.2) is 18.6 Å². The Morgan fingerprint density at radius 3 is 2.32 bits per heavy atom. The molecule has 25 heavy (non-hydrogen) atoms. The van der Waals surface area contributed by atoms with E-state index in [2.05, 4.69) is 14.9 Å². The van der Waals surface area contributed by atoms with E-state index in [0.717, 1.165) is 16.3 Å². The third kappa shape index (κ3) is 3.24. The highest BCUT2D eigenvalue weighted by molar-refractivity contribution is 7.93. The number of rotatable bonds is 4. The third-order valence-electron chi connectivity index (χ3n) is 3.70. The van der Waals surface area contributed by atoms with E-state index >= 15 is 0 Å². The molecule has 0 amide bonds. The first-order valence-corrected chi connectivity index (χ1v) is 9.82. The summed E-state index contributed by atoms with van der Waals surface area (Å²) >= 11 is 1.20. The lowest BCUT2D eigenvalue weighted by molar-refractivity contribution is 0.601. The van der Waals surface area contributed by atoms with Crippen LogP contribution >= 0.6 is 11.3 Å². The molecule has 1 heterocycles. The smallest absolute Gasteiger partial charge is 0.253 e. The quantitative estimate of drug-likeness (QED) is 0.588. The molecule has 0 fully saturated rings. The Morgan fingerprint density at radius 1 is 0.800 bits per heavy atom. The van der Waals surface area contributed by atoms with Gasteiger partial charge < -0.3 is 0 Å². The summed E-state index contributed by atoms with van der Waals surface area (Å²) in [7, 11) is -3.72. The second-order valence-electron chi connectivity index (χ2n) is 5.39. The molecule has 0 spiro atoms. The summed E-state index contributed by atoms with van der Waals surface area (Å²) in [6, 6.07) is 22.2. The zero-order valence-corrected chi connectivity index (χ0v) is 14.6. The molecule has 1 aromatic heterocycles. The second-order valence-corrected chi connectivity index (χ2v) is 8.05. The molecule has 0 radical (unpaired) electrons. The number of nitrogens with one attached hydrogen (secondary N) is 1. The van der Waals surface area contributed by atoms with Gasteiger partial charge in [0.1, 0.15) is 5.01 Å². The first-order chi connectivity index (χ1) is 12.1. The minimum atomic E-state index is -3.72. The lowest BCUT2D eigenvalue weighted by atomic mass is 10.1. The Hall–Kier alpha value is -2.77. The van der Waals surface area contributed by atoms with Gasteiger partial charge in [-0.05, 0) is 22.9 Å². The number of anilines is 1. The van der Waals surface area contributed by atoms with Crippen LogP contribution in [0.25, 0.3) is 21.3 Å². The molecule has 0 bridgehead atoms. The minimum Gasteiger partial charge on any atom is -0.253 e. The molecule has 3 aromatic carbocycles. The monoisotopic (exact) mass is 367 g/mol. The number of fused-ring (bicyclic) bond motifs is 1. The van der Waals surface area contributed by atoms with Gasteiger partial charge in [-0.2, -0.15) is 0 Å². The van der Waals surface area contributed by atoms with Gasteiger partial charge >= 0.3 is 0 Å². The van der Waals surface area contributed by atoms with E-state index in [1.165, 1.54) is 11.3 Å². The van der Waals surface area contributed by atoms with Crippen molar-refractivity contribution >= 4 is 37.3 Å². The van der Waals surface area contributed by atoms with Crippen molar-refractivity contribution in [3.8, 4) is 10.6 Å². The molecule has 0 atom stereocenters. The molecule has 0 unspecified atom stereocenters. The number of hydrogen-bond acceptors (Lipinski definition) is 5. The Balaban J connectivity index is 1.64. The maximum absolute atomic E-state index is 12.6. The van der Waals surface area contributed by atoms with Crippen LogP contribution < -0.4 is 4.72 Å². The molecule has 124 valence electrons. The van der Waals surface area contributed by atoms with Crippen molar-refractivity contribution in [1.29, 1.82) is 0 Å². The first-order valence-electron chi connectivity index (χ1n) is 7.52. The number of hydrogen-bond donors (Lipinski definition) is 1. The first kappa shape index (κ1) is 15.7. The molecule has 0 saturated heterocycles.